The van der Waals surface area contributed by atoms with Crippen LogP contribution in [0.25, 0.3) is 0 Å². The van der Waals surface area contributed by atoms with Gasteiger partial charge < -0.3 is 5.11 Å². The summed E-state index contributed by atoms with van der Waals surface area (Å²) in [5.74, 6) is 0.688. The fourth-order valence-electron chi connectivity index (χ4n) is 2.10. The maximum atomic E-state index is 10.3. The van der Waals surface area contributed by atoms with Gasteiger partial charge in [0.1, 0.15) is 0 Å². The molecule has 0 aliphatic rings. The van der Waals surface area contributed by atoms with Gasteiger partial charge in [0.25, 0.3) is 0 Å². The first-order chi connectivity index (χ1) is 9.08. The summed E-state index contributed by atoms with van der Waals surface area (Å²) < 4.78 is 0. The Morgan fingerprint density at radius 2 is 1.79 bits per heavy atom. The number of rotatable bonds is 4. The Balaban J connectivity index is 2.05. The summed E-state index contributed by atoms with van der Waals surface area (Å²) in [6.45, 7) is 6.25. The summed E-state index contributed by atoms with van der Waals surface area (Å²) in [4.78, 5) is 1.21. The molecule has 1 atom stereocenters. The molecule has 0 heterocycles. The minimum absolute atomic E-state index is 0.412. The molecule has 0 bridgehead atoms. The van der Waals surface area contributed by atoms with E-state index in [1.807, 2.05) is 12.1 Å². The van der Waals surface area contributed by atoms with Crippen molar-refractivity contribution in [2.24, 2.45) is 0 Å². The molecule has 0 aliphatic carbocycles. The van der Waals surface area contributed by atoms with E-state index in [2.05, 4.69) is 51.1 Å². The third-order valence-electron chi connectivity index (χ3n) is 3.40. The van der Waals surface area contributed by atoms with Crippen molar-refractivity contribution in [1.82, 2.24) is 0 Å². The lowest BCUT2D eigenvalue weighted by Crippen LogP contribution is -2.03. The van der Waals surface area contributed by atoms with E-state index in [9.17, 15) is 5.11 Å². The zero-order chi connectivity index (χ0) is 13.8. The first kappa shape index (κ1) is 14.2. The highest BCUT2D eigenvalue weighted by Gasteiger charge is 2.11. The third kappa shape index (κ3) is 3.62. The first-order valence-electron chi connectivity index (χ1n) is 6.51. The van der Waals surface area contributed by atoms with Crippen LogP contribution in [0, 0.1) is 20.8 Å². The second-order valence-corrected chi connectivity index (χ2v) is 6.03. The molecule has 0 saturated heterocycles. The van der Waals surface area contributed by atoms with E-state index < -0.39 is 6.10 Å². The Morgan fingerprint density at radius 3 is 2.53 bits per heavy atom. The Morgan fingerprint density at radius 1 is 1.05 bits per heavy atom. The Labute approximate surface area is 119 Å². The SMILES string of the molecule is Cc1cccc(SCC(O)c2cccc(C)c2C)c1. The van der Waals surface area contributed by atoms with Crippen molar-refractivity contribution < 1.29 is 5.11 Å². The molecule has 0 saturated carbocycles. The van der Waals surface area contributed by atoms with Crippen LogP contribution in [0.4, 0.5) is 0 Å². The third-order valence-corrected chi connectivity index (χ3v) is 4.47. The predicted octanol–water partition coefficient (Wildman–Crippen LogP) is 4.44. The number of benzene rings is 2. The molecule has 0 spiro atoms. The molecule has 1 N–H and O–H groups in total. The highest BCUT2D eigenvalue weighted by atomic mass is 32.2. The van der Waals surface area contributed by atoms with Gasteiger partial charge in [-0.15, -0.1) is 11.8 Å². The van der Waals surface area contributed by atoms with Crippen LogP contribution in [-0.2, 0) is 0 Å². The van der Waals surface area contributed by atoms with E-state index in [4.69, 9.17) is 0 Å². The lowest BCUT2D eigenvalue weighted by molar-refractivity contribution is 0.203. The average molecular weight is 272 g/mol. The van der Waals surface area contributed by atoms with Gasteiger partial charge in [-0.3, -0.25) is 0 Å². The van der Waals surface area contributed by atoms with Crippen molar-refractivity contribution in [3.8, 4) is 0 Å². The van der Waals surface area contributed by atoms with Gasteiger partial charge >= 0.3 is 0 Å². The summed E-state index contributed by atoms with van der Waals surface area (Å²) in [6.07, 6.45) is -0.412. The number of aliphatic hydroxyl groups is 1. The number of thioether (sulfide) groups is 1. The molecule has 100 valence electrons. The Kier molecular flexibility index (Phi) is 4.67. The van der Waals surface area contributed by atoms with Gasteiger partial charge in [0.2, 0.25) is 0 Å². The van der Waals surface area contributed by atoms with Crippen molar-refractivity contribution in [2.75, 3.05) is 5.75 Å². The molecule has 2 aromatic rings. The minimum Gasteiger partial charge on any atom is -0.388 e. The van der Waals surface area contributed by atoms with Crippen LogP contribution < -0.4 is 0 Å². The first-order valence-corrected chi connectivity index (χ1v) is 7.50. The molecule has 2 heteroatoms. The molecule has 2 aromatic carbocycles. The molecule has 0 radical (unpaired) electrons. The molecular weight excluding hydrogens is 252 g/mol. The molecule has 1 unspecified atom stereocenters. The summed E-state index contributed by atoms with van der Waals surface area (Å²) in [6, 6.07) is 14.5. The summed E-state index contributed by atoms with van der Waals surface area (Å²) >= 11 is 1.70. The molecule has 2 rings (SSSR count). The maximum absolute atomic E-state index is 10.3. The molecule has 1 nitrogen and oxygen atoms in total. The van der Waals surface area contributed by atoms with Crippen LogP contribution in [0.3, 0.4) is 0 Å². The number of aliphatic hydroxyl groups excluding tert-OH is 1. The molecule has 0 aliphatic heterocycles. The zero-order valence-electron chi connectivity index (χ0n) is 11.7. The van der Waals surface area contributed by atoms with Crippen molar-refractivity contribution in [3.63, 3.8) is 0 Å². The molecular formula is C17H20OS. The van der Waals surface area contributed by atoms with E-state index in [0.29, 0.717) is 5.75 Å². The minimum atomic E-state index is -0.412. The average Bonchev–Trinajstić information content (AvgIpc) is 2.39. The Hall–Kier alpha value is -1.25. The van der Waals surface area contributed by atoms with Crippen LogP contribution in [0.5, 0.6) is 0 Å². The van der Waals surface area contributed by atoms with Gasteiger partial charge in [0.05, 0.1) is 6.10 Å². The summed E-state index contributed by atoms with van der Waals surface area (Å²) in [5, 5.41) is 10.3. The normalized spacial score (nSPS) is 12.4. The van der Waals surface area contributed by atoms with Crippen molar-refractivity contribution in [2.45, 2.75) is 31.8 Å². The molecule has 19 heavy (non-hydrogen) atoms. The highest BCUT2D eigenvalue weighted by Crippen LogP contribution is 2.27. The molecule has 0 aromatic heterocycles. The summed E-state index contributed by atoms with van der Waals surface area (Å²) in [7, 11) is 0. The van der Waals surface area contributed by atoms with Crippen LogP contribution in [0.15, 0.2) is 47.4 Å². The fourth-order valence-corrected chi connectivity index (χ4v) is 3.08. The van der Waals surface area contributed by atoms with E-state index in [0.717, 1.165) is 5.56 Å². The Bertz CT molecular complexity index is 563. The lowest BCUT2D eigenvalue weighted by atomic mass is 10.0. The van der Waals surface area contributed by atoms with Gasteiger partial charge in [-0.1, -0.05) is 35.9 Å². The number of hydrogen-bond donors (Lipinski definition) is 1. The van der Waals surface area contributed by atoms with Gasteiger partial charge in [0, 0.05) is 10.6 Å². The largest absolute Gasteiger partial charge is 0.388 e. The van der Waals surface area contributed by atoms with Crippen molar-refractivity contribution >= 4 is 11.8 Å². The molecule has 0 amide bonds. The van der Waals surface area contributed by atoms with Crippen LogP contribution in [-0.4, -0.2) is 10.9 Å². The number of hydrogen-bond acceptors (Lipinski definition) is 2. The van der Waals surface area contributed by atoms with Crippen molar-refractivity contribution in [3.05, 3.63) is 64.7 Å². The van der Waals surface area contributed by atoms with E-state index in [-0.39, 0.29) is 0 Å². The maximum Gasteiger partial charge on any atom is 0.0886 e. The zero-order valence-corrected chi connectivity index (χ0v) is 12.5. The number of aryl methyl sites for hydroxylation is 2. The van der Waals surface area contributed by atoms with Gasteiger partial charge in [-0.2, -0.15) is 0 Å². The summed E-state index contributed by atoms with van der Waals surface area (Å²) in [5.41, 5.74) is 4.73. The standard InChI is InChI=1S/C17H20OS/c1-12-6-4-8-15(10-12)19-11-17(18)16-9-5-7-13(2)14(16)3/h4-10,17-18H,11H2,1-3H3. The quantitative estimate of drug-likeness (QED) is 0.830. The van der Waals surface area contributed by atoms with Gasteiger partial charge in [0.15, 0.2) is 0 Å². The van der Waals surface area contributed by atoms with Crippen LogP contribution in [0.1, 0.15) is 28.4 Å². The topological polar surface area (TPSA) is 20.2 Å². The van der Waals surface area contributed by atoms with Crippen molar-refractivity contribution in [1.29, 1.82) is 0 Å². The lowest BCUT2D eigenvalue weighted by Gasteiger charge is -2.15. The second-order valence-electron chi connectivity index (χ2n) is 4.93. The second kappa shape index (κ2) is 6.27. The monoisotopic (exact) mass is 272 g/mol. The van der Waals surface area contributed by atoms with E-state index in [1.165, 1.54) is 21.6 Å². The van der Waals surface area contributed by atoms with E-state index in [1.54, 1.807) is 11.8 Å². The fraction of sp³-hybridized carbons (Fsp3) is 0.294. The smallest absolute Gasteiger partial charge is 0.0886 e. The van der Waals surface area contributed by atoms with Crippen LogP contribution >= 0.6 is 11.8 Å². The predicted molar refractivity (Wildman–Crippen MR) is 82.8 cm³/mol. The van der Waals surface area contributed by atoms with Gasteiger partial charge in [-0.25, -0.2) is 0 Å². The highest BCUT2D eigenvalue weighted by molar-refractivity contribution is 7.99. The van der Waals surface area contributed by atoms with E-state index >= 15 is 0 Å². The molecule has 0 fully saturated rings. The van der Waals surface area contributed by atoms with Crippen LogP contribution in [0.2, 0.25) is 0 Å². The van der Waals surface area contributed by atoms with Gasteiger partial charge in [-0.05, 0) is 49.6 Å².